The van der Waals surface area contributed by atoms with Crippen LogP contribution < -0.4 is 14.2 Å². The van der Waals surface area contributed by atoms with Crippen LogP contribution >= 0.6 is 0 Å². The third-order valence-corrected chi connectivity index (χ3v) is 4.62. The van der Waals surface area contributed by atoms with Gasteiger partial charge in [-0.15, -0.1) is 0 Å². The Bertz CT molecular complexity index is 732. The first-order valence-electron chi connectivity index (χ1n) is 8.90. The van der Waals surface area contributed by atoms with Crippen LogP contribution in [0.3, 0.4) is 0 Å². The predicted molar refractivity (Wildman–Crippen MR) is 99.9 cm³/mol. The van der Waals surface area contributed by atoms with Crippen LogP contribution in [-0.2, 0) is 11.2 Å². The van der Waals surface area contributed by atoms with Crippen LogP contribution in [0.25, 0.3) is 0 Å². The van der Waals surface area contributed by atoms with Gasteiger partial charge in [-0.1, -0.05) is 24.3 Å². The van der Waals surface area contributed by atoms with E-state index < -0.39 is 0 Å². The fourth-order valence-corrected chi connectivity index (χ4v) is 3.19. The smallest absolute Gasteiger partial charge is 0.223 e. The van der Waals surface area contributed by atoms with E-state index in [4.69, 9.17) is 14.2 Å². The Morgan fingerprint density at radius 1 is 1.08 bits per heavy atom. The fourth-order valence-electron chi connectivity index (χ4n) is 3.19. The molecule has 5 heteroatoms. The minimum Gasteiger partial charge on any atom is -0.493 e. The highest BCUT2D eigenvalue weighted by Gasteiger charge is 2.27. The van der Waals surface area contributed by atoms with Crippen molar-refractivity contribution in [3.63, 3.8) is 0 Å². The minimum atomic E-state index is 0.0717. The van der Waals surface area contributed by atoms with E-state index in [-0.39, 0.29) is 12.0 Å². The summed E-state index contributed by atoms with van der Waals surface area (Å²) < 4.78 is 16.5. The topological polar surface area (TPSA) is 48.0 Å². The molecule has 138 valence electrons. The summed E-state index contributed by atoms with van der Waals surface area (Å²) in [4.78, 5) is 14.4. The van der Waals surface area contributed by atoms with Crippen molar-refractivity contribution in [1.82, 2.24) is 4.90 Å². The zero-order valence-corrected chi connectivity index (χ0v) is 15.3. The van der Waals surface area contributed by atoms with Gasteiger partial charge in [0.1, 0.15) is 11.9 Å². The Hall–Kier alpha value is -2.69. The summed E-state index contributed by atoms with van der Waals surface area (Å²) in [7, 11) is 3.23. The Balaban J connectivity index is 1.50. The molecule has 26 heavy (non-hydrogen) atoms. The maximum Gasteiger partial charge on any atom is 0.223 e. The number of carbonyl (C=O) groups is 1. The van der Waals surface area contributed by atoms with Crippen molar-refractivity contribution in [2.75, 3.05) is 27.3 Å². The van der Waals surface area contributed by atoms with Crippen LogP contribution in [0.4, 0.5) is 0 Å². The number of methoxy groups -OCH3 is 2. The number of benzene rings is 2. The third-order valence-electron chi connectivity index (χ3n) is 4.62. The number of rotatable bonds is 7. The van der Waals surface area contributed by atoms with E-state index in [0.717, 1.165) is 24.3 Å². The predicted octanol–water partition coefficient (Wildman–Crippen LogP) is 3.32. The van der Waals surface area contributed by atoms with Crippen molar-refractivity contribution in [2.45, 2.75) is 25.4 Å². The maximum absolute atomic E-state index is 12.5. The minimum absolute atomic E-state index is 0.0717. The lowest BCUT2D eigenvalue weighted by molar-refractivity contribution is -0.130. The van der Waals surface area contributed by atoms with Gasteiger partial charge >= 0.3 is 0 Å². The first-order chi connectivity index (χ1) is 12.7. The summed E-state index contributed by atoms with van der Waals surface area (Å²) in [5, 5.41) is 0. The number of carbonyl (C=O) groups excluding carboxylic acids is 1. The molecule has 1 aliphatic rings. The molecular weight excluding hydrogens is 330 g/mol. The molecule has 3 rings (SSSR count). The Morgan fingerprint density at radius 2 is 1.85 bits per heavy atom. The monoisotopic (exact) mass is 355 g/mol. The standard InChI is InChI=1S/C21H25NO4/c1-24-19-10-8-16(14-20(19)25-2)9-11-21(23)22-13-12-18(15-22)26-17-6-4-3-5-7-17/h3-8,10,14,18H,9,11-13,15H2,1-2H3/t18-/m1/s1. The molecule has 5 nitrogen and oxygen atoms in total. The van der Waals surface area contributed by atoms with E-state index in [1.165, 1.54) is 0 Å². The van der Waals surface area contributed by atoms with Crippen molar-refractivity contribution < 1.29 is 19.0 Å². The Labute approximate surface area is 154 Å². The zero-order chi connectivity index (χ0) is 18.4. The third kappa shape index (κ3) is 4.48. The highest BCUT2D eigenvalue weighted by atomic mass is 16.5. The lowest BCUT2D eigenvalue weighted by Crippen LogP contribution is -2.31. The van der Waals surface area contributed by atoms with E-state index in [2.05, 4.69) is 0 Å². The van der Waals surface area contributed by atoms with Crippen LogP contribution in [-0.4, -0.2) is 44.2 Å². The summed E-state index contributed by atoms with van der Waals surface area (Å²) in [6, 6.07) is 15.5. The Kier molecular flexibility index (Phi) is 6.00. The van der Waals surface area contributed by atoms with Gasteiger partial charge in [0.05, 0.1) is 20.8 Å². The first kappa shape index (κ1) is 18.1. The van der Waals surface area contributed by atoms with E-state index in [0.29, 0.717) is 30.9 Å². The van der Waals surface area contributed by atoms with Gasteiger partial charge in [-0.05, 0) is 36.2 Å². The molecule has 0 unspecified atom stereocenters. The van der Waals surface area contributed by atoms with E-state index in [9.17, 15) is 4.79 Å². The molecule has 0 radical (unpaired) electrons. The number of nitrogens with zero attached hydrogens (tertiary/aromatic N) is 1. The SMILES string of the molecule is COc1ccc(CCC(=O)N2CC[C@@H](Oc3ccccc3)C2)cc1OC. The molecule has 0 N–H and O–H groups in total. The molecule has 2 aromatic carbocycles. The van der Waals surface area contributed by atoms with Gasteiger partial charge in [0.15, 0.2) is 11.5 Å². The zero-order valence-electron chi connectivity index (χ0n) is 15.3. The summed E-state index contributed by atoms with van der Waals surface area (Å²) in [5.74, 6) is 2.41. The number of amides is 1. The van der Waals surface area contributed by atoms with Crippen molar-refractivity contribution in [3.8, 4) is 17.2 Å². The van der Waals surface area contributed by atoms with E-state index >= 15 is 0 Å². The number of likely N-dealkylation sites (tertiary alicyclic amines) is 1. The number of aryl methyl sites for hydroxylation is 1. The summed E-state index contributed by atoms with van der Waals surface area (Å²) in [5.41, 5.74) is 1.06. The van der Waals surface area contributed by atoms with Crippen molar-refractivity contribution >= 4 is 5.91 Å². The fraction of sp³-hybridized carbons (Fsp3) is 0.381. The van der Waals surface area contributed by atoms with Crippen LogP contribution in [0.15, 0.2) is 48.5 Å². The van der Waals surface area contributed by atoms with Gasteiger partial charge in [-0.2, -0.15) is 0 Å². The molecule has 0 bridgehead atoms. The average molecular weight is 355 g/mol. The second-order valence-corrected chi connectivity index (χ2v) is 6.37. The number of ether oxygens (including phenoxy) is 3. The number of para-hydroxylation sites is 1. The van der Waals surface area contributed by atoms with Crippen molar-refractivity contribution in [1.29, 1.82) is 0 Å². The first-order valence-corrected chi connectivity index (χ1v) is 8.90. The van der Waals surface area contributed by atoms with E-state index in [1.807, 2.05) is 53.4 Å². The quantitative estimate of drug-likeness (QED) is 0.764. The highest BCUT2D eigenvalue weighted by Crippen LogP contribution is 2.28. The Morgan fingerprint density at radius 3 is 2.58 bits per heavy atom. The van der Waals surface area contributed by atoms with Crippen LogP contribution in [0.1, 0.15) is 18.4 Å². The van der Waals surface area contributed by atoms with Gasteiger partial charge < -0.3 is 19.1 Å². The van der Waals surface area contributed by atoms with Crippen molar-refractivity contribution in [2.24, 2.45) is 0 Å². The number of hydrogen-bond donors (Lipinski definition) is 0. The lowest BCUT2D eigenvalue weighted by Gasteiger charge is -2.17. The summed E-state index contributed by atoms with van der Waals surface area (Å²) in [6.45, 7) is 1.40. The second-order valence-electron chi connectivity index (χ2n) is 6.37. The van der Waals surface area contributed by atoms with Crippen molar-refractivity contribution in [3.05, 3.63) is 54.1 Å². The molecular formula is C21H25NO4. The molecule has 1 heterocycles. The van der Waals surface area contributed by atoms with Gasteiger partial charge in [0.2, 0.25) is 5.91 Å². The summed E-state index contributed by atoms with van der Waals surface area (Å²) in [6.07, 6.45) is 2.10. The molecule has 1 amide bonds. The summed E-state index contributed by atoms with van der Waals surface area (Å²) >= 11 is 0. The molecule has 1 atom stereocenters. The molecule has 1 aliphatic heterocycles. The normalized spacial score (nSPS) is 16.4. The molecule has 0 aliphatic carbocycles. The average Bonchev–Trinajstić information content (AvgIpc) is 3.15. The van der Waals surface area contributed by atoms with Gasteiger partial charge in [0.25, 0.3) is 0 Å². The highest BCUT2D eigenvalue weighted by molar-refractivity contribution is 5.76. The largest absolute Gasteiger partial charge is 0.493 e. The lowest BCUT2D eigenvalue weighted by atomic mass is 10.1. The molecule has 0 spiro atoms. The molecule has 0 saturated carbocycles. The molecule has 1 fully saturated rings. The van der Waals surface area contributed by atoms with Gasteiger partial charge in [-0.3, -0.25) is 4.79 Å². The van der Waals surface area contributed by atoms with Crippen LogP contribution in [0.2, 0.25) is 0 Å². The van der Waals surface area contributed by atoms with Gasteiger partial charge in [-0.25, -0.2) is 0 Å². The second kappa shape index (κ2) is 8.61. The molecule has 2 aromatic rings. The molecule has 0 aromatic heterocycles. The van der Waals surface area contributed by atoms with Crippen LogP contribution in [0, 0.1) is 0 Å². The molecule has 1 saturated heterocycles. The maximum atomic E-state index is 12.5. The number of hydrogen-bond acceptors (Lipinski definition) is 4. The van der Waals surface area contributed by atoms with Gasteiger partial charge in [0, 0.05) is 19.4 Å². The van der Waals surface area contributed by atoms with Crippen LogP contribution in [0.5, 0.6) is 17.2 Å². The van der Waals surface area contributed by atoms with E-state index in [1.54, 1.807) is 14.2 Å².